The lowest BCUT2D eigenvalue weighted by atomic mass is 10.1. The van der Waals surface area contributed by atoms with Crippen molar-refractivity contribution in [2.75, 3.05) is 13.1 Å². The summed E-state index contributed by atoms with van der Waals surface area (Å²) in [5.74, 6) is -0.809. The summed E-state index contributed by atoms with van der Waals surface area (Å²) in [4.78, 5) is 5.93. The summed E-state index contributed by atoms with van der Waals surface area (Å²) in [5.41, 5.74) is 0. The zero-order valence-corrected chi connectivity index (χ0v) is 11.2. The van der Waals surface area contributed by atoms with Crippen LogP contribution in [0.1, 0.15) is 19.3 Å². The van der Waals surface area contributed by atoms with Crippen LogP contribution in [0.15, 0.2) is 23.4 Å². The number of nitrogens with zero attached hydrogens (tertiary/aromatic N) is 2. The molecule has 3 heterocycles. The molecule has 3 rings (SSSR count). The maximum Gasteiger partial charge on any atom is 0.261 e. The van der Waals surface area contributed by atoms with Crippen molar-refractivity contribution in [2.45, 2.75) is 36.4 Å². The molecule has 2 unspecified atom stereocenters. The Kier molecular flexibility index (Phi) is 3.28. The summed E-state index contributed by atoms with van der Waals surface area (Å²) in [6.07, 6.45) is 4.16. The Morgan fingerprint density at radius 3 is 3.00 bits per heavy atom. The van der Waals surface area contributed by atoms with E-state index in [1.807, 2.05) is 0 Å². The lowest BCUT2D eigenvalue weighted by molar-refractivity contribution is 0.308. The van der Waals surface area contributed by atoms with Crippen LogP contribution in [-0.2, 0) is 10.0 Å². The maximum absolute atomic E-state index is 13.5. The molecule has 0 spiro atoms. The van der Waals surface area contributed by atoms with Crippen LogP contribution in [0.4, 0.5) is 4.39 Å². The van der Waals surface area contributed by atoms with Gasteiger partial charge in [0, 0.05) is 24.8 Å². The minimum atomic E-state index is -3.88. The fraction of sp³-hybridized carbons (Fsp3) is 0.583. The third kappa shape index (κ3) is 2.37. The summed E-state index contributed by atoms with van der Waals surface area (Å²) in [6.45, 7) is 1.93. The quantitative estimate of drug-likeness (QED) is 0.889. The SMILES string of the molecule is O=S(=O)(NC1CCN2CCCC12)c1ncccc1F. The summed E-state index contributed by atoms with van der Waals surface area (Å²) >= 11 is 0. The molecule has 19 heavy (non-hydrogen) atoms. The minimum Gasteiger partial charge on any atom is -0.299 e. The van der Waals surface area contributed by atoms with Crippen LogP contribution in [0.3, 0.4) is 0 Å². The van der Waals surface area contributed by atoms with E-state index >= 15 is 0 Å². The first kappa shape index (κ1) is 13.0. The zero-order chi connectivity index (χ0) is 13.5. The van der Waals surface area contributed by atoms with Crippen molar-refractivity contribution in [3.05, 3.63) is 24.1 Å². The third-order valence-corrected chi connectivity index (χ3v) is 5.31. The Morgan fingerprint density at radius 1 is 1.37 bits per heavy atom. The Bertz CT molecular complexity index is 578. The number of halogens is 1. The molecule has 1 aromatic rings. The van der Waals surface area contributed by atoms with Gasteiger partial charge in [-0.3, -0.25) is 4.90 Å². The number of fused-ring (bicyclic) bond motifs is 1. The van der Waals surface area contributed by atoms with Crippen LogP contribution in [0.25, 0.3) is 0 Å². The van der Waals surface area contributed by atoms with E-state index in [0.29, 0.717) is 0 Å². The first-order valence-corrected chi connectivity index (χ1v) is 7.93. The van der Waals surface area contributed by atoms with E-state index in [-0.39, 0.29) is 12.1 Å². The van der Waals surface area contributed by atoms with Crippen molar-refractivity contribution in [3.63, 3.8) is 0 Å². The smallest absolute Gasteiger partial charge is 0.261 e. The number of sulfonamides is 1. The van der Waals surface area contributed by atoms with Crippen molar-refractivity contribution in [2.24, 2.45) is 0 Å². The second-order valence-corrected chi connectivity index (χ2v) is 6.68. The maximum atomic E-state index is 13.5. The van der Waals surface area contributed by atoms with Gasteiger partial charge < -0.3 is 0 Å². The van der Waals surface area contributed by atoms with Gasteiger partial charge in [0.1, 0.15) is 0 Å². The highest BCUT2D eigenvalue weighted by molar-refractivity contribution is 7.89. The van der Waals surface area contributed by atoms with Crippen LogP contribution in [0, 0.1) is 5.82 Å². The van der Waals surface area contributed by atoms with E-state index in [1.54, 1.807) is 0 Å². The molecular formula is C12H16FN3O2S. The van der Waals surface area contributed by atoms with Crippen LogP contribution in [0.2, 0.25) is 0 Å². The van der Waals surface area contributed by atoms with Crippen molar-refractivity contribution in [3.8, 4) is 0 Å². The van der Waals surface area contributed by atoms with Crippen LogP contribution in [-0.4, -0.2) is 43.5 Å². The van der Waals surface area contributed by atoms with Gasteiger partial charge in [-0.2, -0.15) is 0 Å². The Labute approximate surface area is 111 Å². The molecule has 0 aliphatic carbocycles. The number of nitrogens with one attached hydrogen (secondary N) is 1. The van der Waals surface area contributed by atoms with E-state index < -0.39 is 20.9 Å². The first-order valence-electron chi connectivity index (χ1n) is 6.45. The molecule has 0 aromatic carbocycles. The van der Waals surface area contributed by atoms with Crippen LogP contribution in [0.5, 0.6) is 0 Å². The van der Waals surface area contributed by atoms with Gasteiger partial charge in [-0.15, -0.1) is 0 Å². The average molecular weight is 285 g/mol. The van der Waals surface area contributed by atoms with E-state index in [4.69, 9.17) is 0 Å². The van der Waals surface area contributed by atoms with Gasteiger partial charge >= 0.3 is 0 Å². The number of pyridine rings is 1. The van der Waals surface area contributed by atoms with Crippen molar-refractivity contribution >= 4 is 10.0 Å². The molecule has 5 nitrogen and oxygen atoms in total. The molecule has 1 aromatic heterocycles. The molecule has 7 heteroatoms. The normalized spacial score (nSPS) is 27.6. The molecule has 104 valence electrons. The predicted molar refractivity (Wildman–Crippen MR) is 67.5 cm³/mol. The van der Waals surface area contributed by atoms with Crippen molar-refractivity contribution < 1.29 is 12.8 Å². The van der Waals surface area contributed by atoms with Gasteiger partial charge in [-0.1, -0.05) is 0 Å². The van der Waals surface area contributed by atoms with Gasteiger partial charge in [0.15, 0.2) is 5.82 Å². The van der Waals surface area contributed by atoms with E-state index in [0.717, 1.165) is 38.4 Å². The molecule has 2 fully saturated rings. The Balaban J connectivity index is 1.81. The van der Waals surface area contributed by atoms with Crippen LogP contribution < -0.4 is 4.72 Å². The molecular weight excluding hydrogens is 269 g/mol. The highest BCUT2D eigenvalue weighted by atomic mass is 32.2. The van der Waals surface area contributed by atoms with Gasteiger partial charge in [0.05, 0.1) is 0 Å². The molecule has 1 N–H and O–H groups in total. The topological polar surface area (TPSA) is 62.3 Å². The molecule has 2 aliphatic heterocycles. The minimum absolute atomic E-state index is 0.131. The van der Waals surface area contributed by atoms with Gasteiger partial charge in [-0.05, 0) is 37.9 Å². The first-order chi connectivity index (χ1) is 9.08. The standard InChI is InChI=1S/C12H16FN3O2S/c13-9-3-1-6-14-12(9)19(17,18)15-10-5-8-16-7-2-4-11(10)16/h1,3,6,10-11,15H,2,4-5,7-8H2. The second kappa shape index (κ2) is 4.81. The third-order valence-electron chi connectivity index (χ3n) is 3.89. The lowest BCUT2D eigenvalue weighted by Crippen LogP contribution is -2.42. The fourth-order valence-corrected chi connectivity index (χ4v) is 4.35. The van der Waals surface area contributed by atoms with E-state index in [2.05, 4.69) is 14.6 Å². The van der Waals surface area contributed by atoms with Gasteiger partial charge in [0.2, 0.25) is 5.03 Å². The fourth-order valence-electron chi connectivity index (χ4n) is 3.04. The molecule has 0 saturated carbocycles. The molecule has 2 aliphatic rings. The van der Waals surface area contributed by atoms with Gasteiger partial charge in [0.25, 0.3) is 10.0 Å². The summed E-state index contributed by atoms with van der Waals surface area (Å²) in [5, 5.41) is -0.508. The molecule has 2 saturated heterocycles. The van der Waals surface area contributed by atoms with Crippen LogP contribution >= 0.6 is 0 Å². The monoisotopic (exact) mass is 285 g/mol. The Morgan fingerprint density at radius 2 is 2.21 bits per heavy atom. The summed E-state index contributed by atoms with van der Waals surface area (Å²) in [6, 6.07) is 2.61. The number of hydrogen-bond donors (Lipinski definition) is 1. The van der Waals surface area contributed by atoms with Crippen molar-refractivity contribution in [1.29, 1.82) is 0 Å². The van der Waals surface area contributed by atoms with E-state index in [1.165, 1.54) is 12.3 Å². The predicted octanol–water partition coefficient (Wildman–Crippen LogP) is 0.736. The van der Waals surface area contributed by atoms with Gasteiger partial charge in [-0.25, -0.2) is 22.5 Å². The van der Waals surface area contributed by atoms with E-state index in [9.17, 15) is 12.8 Å². The summed E-state index contributed by atoms with van der Waals surface area (Å²) in [7, 11) is -3.88. The highest BCUT2D eigenvalue weighted by Crippen LogP contribution is 2.28. The number of hydrogen-bond acceptors (Lipinski definition) is 4. The average Bonchev–Trinajstić information content (AvgIpc) is 2.94. The Hall–Kier alpha value is -1.05. The van der Waals surface area contributed by atoms with Crippen molar-refractivity contribution in [1.82, 2.24) is 14.6 Å². The lowest BCUT2D eigenvalue weighted by Gasteiger charge is -2.20. The second-order valence-electron chi connectivity index (χ2n) is 5.05. The highest BCUT2D eigenvalue weighted by Gasteiger charge is 2.39. The molecule has 2 atom stereocenters. The largest absolute Gasteiger partial charge is 0.299 e. The molecule has 0 radical (unpaired) electrons. The molecule has 0 amide bonds. The molecule has 0 bridgehead atoms. The summed E-state index contributed by atoms with van der Waals surface area (Å²) < 4.78 is 40.5. The zero-order valence-electron chi connectivity index (χ0n) is 10.4. The number of aromatic nitrogens is 1. The number of rotatable bonds is 3.